The van der Waals surface area contributed by atoms with Crippen molar-refractivity contribution < 1.29 is 9.90 Å². The van der Waals surface area contributed by atoms with E-state index in [2.05, 4.69) is 0 Å². The maximum Gasteiger partial charge on any atom is 0.325 e. The Hall–Kier alpha value is -1.35. The van der Waals surface area contributed by atoms with Crippen molar-refractivity contribution in [2.75, 3.05) is 0 Å². The van der Waals surface area contributed by atoms with Gasteiger partial charge in [-0.15, -0.1) is 0 Å². The standard InChI is InChI=1S/C10H13NO2/c1-2-7-4-3-5-8(6-7)9(11)10(12)13/h3-6,9H,2,11H2,1H3,(H,12,13)/t9-/m1/s1. The van der Waals surface area contributed by atoms with Crippen LogP contribution in [0.5, 0.6) is 0 Å². The van der Waals surface area contributed by atoms with Gasteiger partial charge in [-0.25, -0.2) is 0 Å². The molecule has 0 fully saturated rings. The lowest BCUT2D eigenvalue weighted by Gasteiger charge is -2.07. The van der Waals surface area contributed by atoms with Gasteiger partial charge >= 0.3 is 5.97 Å². The summed E-state index contributed by atoms with van der Waals surface area (Å²) in [4.78, 5) is 10.6. The Bertz CT molecular complexity index is 310. The molecule has 1 aromatic rings. The van der Waals surface area contributed by atoms with Crippen LogP contribution in [-0.4, -0.2) is 11.1 Å². The lowest BCUT2D eigenvalue weighted by atomic mass is 10.0. The maximum atomic E-state index is 10.6. The number of carbonyl (C=O) groups is 1. The molecular formula is C10H13NO2. The van der Waals surface area contributed by atoms with E-state index in [0.717, 1.165) is 12.0 Å². The second-order valence-corrected chi connectivity index (χ2v) is 2.91. The van der Waals surface area contributed by atoms with Crippen LogP contribution in [0, 0.1) is 0 Å². The van der Waals surface area contributed by atoms with Crippen molar-refractivity contribution in [1.29, 1.82) is 0 Å². The van der Waals surface area contributed by atoms with Crippen molar-refractivity contribution >= 4 is 5.97 Å². The molecule has 0 amide bonds. The highest BCUT2D eigenvalue weighted by atomic mass is 16.4. The van der Waals surface area contributed by atoms with Gasteiger partial charge in [0.15, 0.2) is 0 Å². The summed E-state index contributed by atoms with van der Waals surface area (Å²) in [5.74, 6) is -0.992. The van der Waals surface area contributed by atoms with Gasteiger partial charge in [0.05, 0.1) is 0 Å². The summed E-state index contributed by atoms with van der Waals surface area (Å²) >= 11 is 0. The van der Waals surface area contributed by atoms with Crippen molar-refractivity contribution in [3.8, 4) is 0 Å². The second-order valence-electron chi connectivity index (χ2n) is 2.91. The number of aryl methyl sites for hydroxylation is 1. The van der Waals surface area contributed by atoms with Crippen LogP contribution in [0.2, 0.25) is 0 Å². The molecule has 0 aromatic heterocycles. The van der Waals surface area contributed by atoms with Gasteiger partial charge in [0.25, 0.3) is 0 Å². The summed E-state index contributed by atoms with van der Waals surface area (Å²) in [6, 6.07) is 6.44. The Labute approximate surface area is 77.2 Å². The van der Waals surface area contributed by atoms with Gasteiger partial charge < -0.3 is 10.8 Å². The lowest BCUT2D eigenvalue weighted by molar-refractivity contribution is -0.138. The normalized spacial score (nSPS) is 12.5. The lowest BCUT2D eigenvalue weighted by Crippen LogP contribution is -2.20. The first kappa shape index (κ1) is 9.74. The number of benzene rings is 1. The fourth-order valence-corrected chi connectivity index (χ4v) is 1.15. The van der Waals surface area contributed by atoms with E-state index in [1.807, 2.05) is 25.1 Å². The van der Waals surface area contributed by atoms with Gasteiger partial charge in [-0.2, -0.15) is 0 Å². The molecule has 3 nitrogen and oxygen atoms in total. The fraction of sp³-hybridized carbons (Fsp3) is 0.300. The Morgan fingerprint density at radius 2 is 2.31 bits per heavy atom. The summed E-state index contributed by atoms with van der Waals surface area (Å²) in [5, 5.41) is 8.67. The molecule has 0 heterocycles. The van der Waals surface area contributed by atoms with E-state index < -0.39 is 12.0 Å². The summed E-state index contributed by atoms with van der Waals surface area (Å²) in [6.07, 6.45) is 0.889. The molecule has 0 aliphatic heterocycles. The summed E-state index contributed by atoms with van der Waals surface area (Å²) in [7, 11) is 0. The summed E-state index contributed by atoms with van der Waals surface area (Å²) < 4.78 is 0. The third-order valence-electron chi connectivity index (χ3n) is 1.98. The molecule has 0 unspecified atom stereocenters. The third kappa shape index (κ3) is 2.29. The Kier molecular flexibility index (Phi) is 3.03. The van der Waals surface area contributed by atoms with Crippen molar-refractivity contribution in [1.82, 2.24) is 0 Å². The second kappa shape index (κ2) is 4.05. The Balaban J connectivity index is 2.94. The van der Waals surface area contributed by atoms with Crippen molar-refractivity contribution in [2.45, 2.75) is 19.4 Å². The minimum atomic E-state index is -0.992. The molecule has 0 aliphatic carbocycles. The van der Waals surface area contributed by atoms with Gasteiger partial charge in [0.1, 0.15) is 6.04 Å². The van der Waals surface area contributed by atoms with E-state index in [1.54, 1.807) is 6.07 Å². The van der Waals surface area contributed by atoms with Crippen LogP contribution in [0.15, 0.2) is 24.3 Å². The highest BCUT2D eigenvalue weighted by molar-refractivity contribution is 5.75. The molecule has 1 aromatic carbocycles. The van der Waals surface area contributed by atoms with E-state index in [-0.39, 0.29) is 0 Å². The highest BCUT2D eigenvalue weighted by Crippen LogP contribution is 2.12. The Morgan fingerprint density at radius 1 is 1.62 bits per heavy atom. The van der Waals surface area contributed by atoms with E-state index in [1.165, 1.54) is 0 Å². The number of hydrogen-bond acceptors (Lipinski definition) is 2. The predicted octanol–water partition coefficient (Wildman–Crippen LogP) is 1.33. The number of nitrogens with two attached hydrogens (primary N) is 1. The van der Waals surface area contributed by atoms with Crippen LogP contribution in [0.25, 0.3) is 0 Å². The smallest absolute Gasteiger partial charge is 0.325 e. The largest absolute Gasteiger partial charge is 0.480 e. The maximum absolute atomic E-state index is 10.6. The topological polar surface area (TPSA) is 63.3 Å². The van der Waals surface area contributed by atoms with Crippen LogP contribution < -0.4 is 5.73 Å². The molecule has 70 valence electrons. The van der Waals surface area contributed by atoms with E-state index >= 15 is 0 Å². The van der Waals surface area contributed by atoms with Gasteiger partial charge in [-0.05, 0) is 17.5 Å². The number of carboxylic acid groups (broad SMARTS) is 1. The first-order valence-electron chi connectivity index (χ1n) is 4.22. The van der Waals surface area contributed by atoms with Gasteiger partial charge in [0, 0.05) is 0 Å². The van der Waals surface area contributed by atoms with Gasteiger partial charge in [-0.1, -0.05) is 31.2 Å². The molecular weight excluding hydrogens is 166 g/mol. The number of rotatable bonds is 3. The van der Waals surface area contributed by atoms with E-state index in [0.29, 0.717) is 5.56 Å². The highest BCUT2D eigenvalue weighted by Gasteiger charge is 2.13. The van der Waals surface area contributed by atoms with Crippen LogP contribution in [0.3, 0.4) is 0 Å². The average molecular weight is 179 g/mol. The van der Waals surface area contributed by atoms with Gasteiger partial charge in [-0.3, -0.25) is 4.79 Å². The zero-order valence-corrected chi connectivity index (χ0v) is 7.53. The molecule has 1 atom stereocenters. The van der Waals surface area contributed by atoms with Gasteiger partial charge in [0.2, 0.25) is 0 Å². The number of aliphatic carboxylic acids is 1. The minimum absolute atomic E-state index is 0.659. The first-order chi connectivity index (χ1) is 6.15. The molecule has 0 saturated carbocycles. The van der Waals surface area contributed by atoms with Crippen molar-refractivity contribution in [3.05, 3.63) is 35.4 Å². The predicted molar refractivity (Wildman–Crippen MR) is 50.4 cm³/mol. The Morgan fingerprint density at radius 3 is 2.85 bits per heavy atom. The van der Waals surface area contributed by atoms with E-state index in [9.17, 15) is 4.79 Å². The molecule has 13 heavy (non-hydrogen) atoms. The van der Waals surface area contributed by atoms with Crippen molar-refractivity contribution in [2.24, 2.45) is 5.73 Å². The molecule has 0 aliphatic rings. The van der Waals surface area contributed by atoms with E-state index in [4.69, 9.17) is 10.8 Å². The zero-order valence-electron chi connectivity index (χ0n) is 7.53. The molecule has 3 heteroatoms. The van der Waals surface area contributed by atoms with Crippen LogP contribution >= 0.6 is 0 Å². The number of carboxylic acids is 1. The SMILES string of the molecule is CCc1cccc([C@@H](N)C(=O)O)c1. The third-order valence-corrected chi connectivity index (χ3v) is 1.98. The minimum Gasteiger partial charge on any atom is -0.480 e. The molecule has 3 N–H and O–H groups in total. The molecule has 0 bridgehead atoms. The summed E-state index contributed by atoms with van der Waals surface area (Å²) in [6.45, 7) is 2.02. The molecule has 1 rings (SSSR count). The van der Waals surface area contributed by atoms with Crippen LogP contribution in [0.1, 0.15) is 24.1 Å². The van der Waals surface area contributed by atoms with Crippen molar-refractivity contribution in [3.63, 3.8) is 0 Å². The van der Waals surface area contributed by atoms with Crippen LogP contribution in [-0.2, 0) is 11.2 Å². The van der Waals surface area contributed by atoms with Crippen LogP contribution in [0.4, 0.5) is 0 Å². The first-order valence-corrected chi connectivity index (χ1v) is 4.22. The molecule has 0 spiro atoms. The molecule has 0 saturated heterocycles. The fourth-order valence-electron chi connectivity index (χ4n) is 1.15. The molecule has 0 radical (unpaired) electrons. The monoisotopic (exact) mass is 179 g/mol. The average Bonchev–Trinajstić information content (AvgIpc) is 2.16. The quantitative estimate of drug-likeness (QED) is 0.735. The zero-order chi connectivity index (χ0) is 9.84. The number of hydrogen-bond donors (Lipinski definition) is 2. The summed E-state index contributed by atoms with van der Waals surface area (Å²) in [5.41, 5.74) is 7.23.